The topological polar surface area (TPSA) is 75.7 Å². The fourth-order valence-corrected chi connectivity index (χ4v) is 2.56. The van der Waals surface area contributed by atoms with Gasteiger partial charge in [0.05, 0.1) is 18.4 Å². The number of hydrogen-bond acceptors (Lipinski definition) is 4. The summed E-state index contributed by atoms with van der Waals surface area (Å²) in [6.45, 7) is 4.96. The minimum absolute atomic E-state index is 0.212. The molecule has 2 aromatic carbocycles. The van der Waals surface area contributed by atoms with Crippen LogP contribution in [0.3, 0.4) is 0 Å². The standard InChI is InChI=1S/C20H22N2O4/c1-13-9-10-14(2)17(11-13)21-19(24)12-22(15(3)23)18-8-6-5-7-16(18)20(25)26-4/h5-11H,12H2,1-4H3,(H,21,24). The fraction of sp³-hybridized carbons (Fsp3) is 0.250. The summed E-state index contributed by atoms with van der Waals surface area (Å²) in [4.78, 5) is 37.8. The van der Waals surface area contributed by atoms with Crippen LogP contribution in [0.2, 0.25) is 0 Å². The molecular weight excluding hydrogens is 332 g/mol. The number of carbonyl (C=O) groups is 3. The Kier molecular flexibility index (Phi) is 6.11. The number of carbonyl (C=O) groups excluding carboxylic acids is 3. The van der Waals surface area contributed by atoms with E-state index in [1.807, 2.05) is 32.0 Å². The average Bonchev–Trinajstić information content (AvgIpc) is 2.62. The maximum absolute atomic E-state index is 12.5. The molecule has 6 heteroatoms. The molecule has 0 aromatic heterocycles. The van der Waals surface area contributed by atoms with Gasteiger partial charge >= 0.3 is 5.97 Å². The molecule has 1 N–H and O–H groups in total. The summed E-state index contributed by atoms with van der Waals surface area (Å²) in [7, 11) is 1.27. The van der Waals surface area contributed by atoms with Gasteiger partial charge in [0.1, 0.15) is 6.54 Å². The van der Waals surface area contributed by atoms with Gasteiger partial charge in [0.25, 0.3) is 0 Å². The highest BCUT2D eigenvalue weighted by Crippen LogP contribution is 2.22. The largest absolute Gasteiger partial charge is 0.465 e. The Hall–Kier alpha value is -3.15. The molecule has 6 nitrogen and oxygen atoms in total. The van der Waals surface area contributed by atoms with Gasteiger partial charge in [0, 0.05) is 12.6 Å². The average molecular weight is 354 g/mol. The molecule has 0 aliphatic rings. The lowest BCUT2D eigenvalue weighted by atomic mass is 10.1. The number of amides is 2. The minimum atomic E-state index is -0.568. The first-order valence-electron chi connectivity index (χ1n) is 8.16. The van der Waals surface area contributed by atoms with Crippen LogP contribution in [-0.2, 0) is 14.3 Å². The van der Waals surface area contributed by atoms with E-state index >= 15 is 0 Å². The zero-order chi connectivity index (χ0) is 19.3. The van der Waals surface area contributed by atoms with Crippen LogP contribution in [0.4, 0.5) is 11.4 Å². The van der Waals surface area contributed by atoms with Crippen molar-refractivity contribution in [3.8, 4) is 0 Å². The van der Waals surface area contributed by atoms with Gasteiger partial charge in [-0.05, 0) is 43.2 Å². The highest BCUT2D eigenvalue weighted by molar-refractivity contribution is 6.06. The summed E-state index contributed by atoms with van der Waals surface area (Å²) in [6.07, 6.45) is 0. The molecule has 0 bridgehead atoms. The lowest BCUT2D eigenvalue weighted by Gasteiger charge is -2.23. The van der Waals surface area contributed by atoms with Crippen molar-refractivity contribution in [2.45, 2.75) is 20.8 Å². The van der Waals surface area contributed by atoms with E-state index in [0.29, 0.717) is 11.4 Å². The van der Waals surface area contributed by atoms with Crippen LogP contribution in [0.5, 0.6) is 0 Å². The summed E-state index contributed by atoms with van der Waals surface area (Å²) in [5.41, 5.74) is 3.20. The molecule has 0 heterocycles. The van der Waals surface area contributed by atoms with Crippen molar-refractivity contribution in [2.24, 2.45) is 0 Å². The first-order chi connectivity index (χ1) is 12.3. The van der Waals surface area contributed by atoms with Crippen LogP contribution >= 0.6 is 0 Å². The predicted molar refractivity (Wildman–Crippen MR) is 100 cm³/mol. The smallest absolute Gasteiger partial charge is 0.339 e. The van der Waals surface area contributed by atoms with Crippen molar-refractivity contribution >= 4 is 29.2 Å². The van der Waals surface area contributed by atoms with E-state index in [4.69, 9.17) is 4.74 Å². The van der Waals surface area contributed by atoms with Crippen molar-refractivity contribution in [3.05, 3.63) is 59.2 Å². The molecule has 0 saturated carbocycles. The molecule has 0 radical (unpaired) electrons. The monoisotopic (exact) mass is 354 g/mol. The van der Waals surface area contributed by atoms with Crippen molar-refractivity contribution < 1.29 is 19.1 Å². The molecule has 2 rings (SSSR count). The maximum atomic E-state index is 12.5. The summed E-state index contributed by atoms with van der Waals surface area (Å²) in [6, 6.07) is 12.3. The molecule has 0 spiro atoms. The number of ether oxygens (including phenoxy) is 1. The Morgan fingerprint density at radius 3 is 2.42 bits per heavy atom. The Bertz CT molecular complexity index is 845. The number of esters is 1. The van der Waals surface area contributed by atoms with Crippen LogP contribution in [-0.4, -0.2) is 31.4 Å². The molecule has 26 heavy (non-hydrogen) atoms. The maximum Gasteiger partial charge on any atom is 0.339 e. The predicted octanol–water partition coefficient (Wildman–Crippen LogP) is 3.08. The zero-order valence-electron chi connectivity index (χ0n) is 15.3. The first-order valence-corrected chi connectivity index (χ1v) is 8.16. The summed E-state index contributed by atoms with van der Waals surface area (Å²) < 4.78 is 4.76. The van der Waals surface area contributed by atoms with Crippen molar-refractivity contribution in [1.29, 1.82) is 0 Å². The molecule has 0 saturated heterocycles. The first kappa shape index (κ1) is 19.2. The summed E-state index contributed by atoms with van der Waals surface area (Å²) in [5.74, 6) is -1.27. The Morgan fingerprint density at radius 1 is 1.08 bits per heavy atom. The van der Waals surface area contributed by atoms with E-state index in [1.165, 1.54) is 18.9 Å². The van der Waals surface area contributed by atoms with Gasteiger partial charge in [-0.25, -0.2) is 4.79 Å². The Morgan fingerprint density at radius 2 is 1.77 bits per heavy atom. The van der Waals surface area contributed by atoms with E-state index in [1.54, 1.807) is 24.3 Å². The molecule has 2 amide bonds. The second kappa shape index (κ2) is 8.29. The highest BCUT2D eigenvalue weighted by Gasteiger charge is 2.22. The molecule has 0 atom stereocenters. The number of para-hydroxylation sites is 1. The number of rotatable bonds is 5. The molecule has 2 aromatic rings. The van der Waals surface area contributed by atoms with Gasteiger partial charge < -0.3 is 15.0 Å². The molecule has 0 aliphatic carbocycles. The third-order valence-corrected chi connectivity index (χ3v) is 3.95. The number of nitrogens with one attached hydrogen (secondary N) is 1. The van der Waals surface area contributed by atoms with E-state index in [0.717, 1.165) is 11.1 Å². The van der Waals surface area contributed by atoms with Crippen LogP contribution in [0, 0.1) is 13.8 Å². The van der Waals surface area contributed by atoms with E-state index < -0.39 is 5.97 Å². The van der Waals surface area contributed by atoms with Crippen LogP contribution < -0.4 is 10.2 Å². The second-order valence-corrected chi connectivity index (χ2v) is 5.98. The quantitative estimate of drug-likeness (QED) is 0.837. The second-order valence-electron chi connectivity index (χ2n) is 5.98. The van der Waals surface area contributed by atoms with Crippen LogP contribution in [0.1, 0.15) is 28.4 Å². The number of aryl methyl sites for hydroxylation is 2. The summed E-state index contributed by atoms with van der Waals surface area (Å²) in [5, 5.41) is 2.82. The number of benzene rings is 2. The van der Waals surface area contributed by atoms with Crippen LogP contribution in [0.25, 0.3) is 0 Å². The third kappa shape index (κ3) is 4.47. The van der Waals surface area contributed by atoms with Gasteiger partial charge in [-0.2, -0.15) is 0 Å². The van der Waals surface area contributed by atoms with Crippen molar-refractivity contribution in [1.82, 2.24) is 0 Å². The van der Waals surface area contributed by atoms with E-state index in [2.05, 4.69) is 5.32 Å². The van der Waals surface area contributed by atoms with Gasteiger partial charge in [0.2, 0.25) is 11.8 Å². The van der Waals surface area contributed by atoms with Gasteiger partial charge in [-0.15, -0.1) is 0 Å². The number of anilines is 2. The number of hydrogen-bond donors (Lipinski definition) is 1. The fourth-order valence-electron chi connectivity index (χ4n) is 2.56. The van der Waals surface area contributed by atoms with E-state index in [9.17, 15) is 14.4 Å². The van der Waals surface area contributed by atoms with Gasteiger partial charge in [0.15, 0.2) is 0 Å². The van der Waals surface area contributed by atoms with Crippen LogP contribution in [0.15, 0.2) is 42.5 Å². The number of methoxy groups -OCH3 is 1. The van der Waals surface area contributed by atoms with Gasteiger partial charge in [-0.3, -0.25) is 9.59 Å². The molecular formula is C20H22N2O4. The molecule has 0 aliphatic heterocycles. The highest BCUT2D eigenvalue weighted by atomic mass is 16.5. The lowest BCUT2D eigenvalue weighted by Crippen LogP contribution is -2.37. The third-order valence-electron chi connectivity index (χ3n) is 3.95. The SMILES string of the molecule is COC(=O)c1ccccc1N(CC(=O)Nc1cc(C)ccc1C)C(C)=O. The summed E-state index contributed by atoms with van der Waals surface area (Å²) >= 11 is 0. The molecule has 0 unspecified atom stereocenters. The zero-order valence-corrected chi connectivity index (χ0v) is 15.3. The molecule has 0 fully saturated rings. The van der Waals surface area contributed by atoms with Crippen molar-refractivity contribution in [2.75, 3.05) is 23.9 Å². The Labute approximate surface area is 152 Å². The minimum Gasteiger partial charge on any atom is -0.465 e. The van der Waals surface area contributed by atoms with Crippen molar-refractivity contribution in [3.63, 3.8) is 0 Å². The van der Waals surface area contributed by atoms with E-state index in [-0.39, 0.29) is 23.9 Å². The molecule has 136 valence electrons. The van der Waals surface area contributed by atoms with Gasteiger partial charge in [-0.1, -0.05) is 24.3 Å². The Balaban J connectivity index is 2.27. The lowest BCUT2D eigenvalue weighted by molar-refractivity contribution is -0.120. The number of nitrogens with zero attached hydrogens (tertiary/aromatic N) is 1. The normalized spacial score (nSPS) is 10.2.